The standard InChI is InChI=1S/C15H15F2N/c1-11(15-14(17)9-6-10-18-15)12-7-4-2-3-5-8-13(12)16/h3,5-11H,2,4H2,1H3/b5-3+,12-7-,13-8+. The molecule has 1 aliphatic rings. The van der Waals surface area contributed by atoms with Gasteiger partial charge in [-0.3, -0.25) is 4.98 Å². The number of hydrogen-bond donors (Lipinski definition) is 0. The molecular weight excluding hydrogens is 232 g/mol. The Labute approximate surface area is 106 Å². The van der Waals surface area contributed by atoms with Crippen molar-refractivity contribution < 1.29 is 8.78 Å². The molecule has 1 aromatic heterocycles. The lowest BCUT2D eigenvalue weighted by Crippen LogP contribution is -2.05. The number of pyridine rings is 1. The molecule has 18 heavy (non-hydrogen) atoms. The quantitative estimate of drug-likeness (QED) is 0.752. The fourth-order valence-electron chi connectivity index (χ4n) is 2.02. The van der Waals surface area contributed by atoms with E-state index in [1.165, 1.54) is 24.4 Å². The van der Waals surface area contributed by atoms with Crippen LogP contribution in [-0.2, 0) is 0 Å². The molecule has 0 amide bonds. The third-order valence-electron chi connectivity index (χ3n) is 3.02. The highest BCUT2D eigenvalue weighted by Gasteiger charge is 2.19. The molecule has 94 valence electrons. The topological polar surface area (TPSA) is 12.9 Å². The summed E-state index contributed by atoms with van der Waals surface area (Å²) in [6, 6.07) is 2.89. The maximum Gasteiger partial charge on any atom is 0.145 e. The first kappa shape index (κ1) is 12.7. The van der Waals surface area contributed by atoms with E-state index in [9.17, 15) is 8.78 Å². The van der Waals surface area contributed by atoms with E-state index in [0.717, 1.165) is 12.8 Å². The highest BCUT2D eigenvalue weighted by atomic mass is 19.1. The molecule has 0 saturated carbocycles. The van der Waals surface area contributed by atoms with Gasteiger partial charge < -0.3 is 0 Å². The Hall–Kier alpha value is -1.77. The smallest absolute Gasteiger partial charge is 0.145 e. The number of aromatic nitrogens is 1. The van der Waals surface area contributed by atoms with Crippen LogP contribution < -0.4 is 0 Å². The maximum absolute atomic E-state index is 13.9. The van der Waals surface area contributed by atoms with E-state index < -0.39 is 5.82 Å². The van der Waals surface area contributed by atoms with Gasteiger partial charge in [-0.2, -0.15) is 0 Å². The molecule has 0 aromatic carbocycles. The fourth-order valence-corrected chi connectivity index (χ4v) is 2.02. The normalized spacial score (nSPS) is 25.1. The van der Waals surface area contributed by atoms with Crippen LogP contribution in [0.25, 0.3) is 0 Å². The van der Waals surface area contributed by atoms with Crippen molar-refractivity contribution in [3.63, 3.8) is 0 Å². The molecule has 3 heteroatoms. The van der Waals surface area contributed by atoms with Crippen LogP contribution in [-0.4, -0.2) is 4.98 Å². The highest BCUT2D eigenvalue weighted by Crippen LogP contribution is 2.31. The van der Waals surface area contributed by atoms with Crippen molar-refractivity contribution in [1.29, 1.82) is 0 Å². The first-order valence-corrected chi connectivity index (χ1v) is 6.03. The SMILES string of the molecule is CC(C1=C/CC/C=C/C=C\1F)c1ncccc1F. The monoisotopic (exact) mass is 247 g/mol. The van der Waals surface area contributed by atoms with Gasteiger partial charge in [0.1, 0.15) is 11.6 Å². The lowest BCUT2D eigenvalue weighted by Gasteiger charge is -2.15. The number of allylic oxidation sites excluding steroid dienone is 6. The molecule has 1 aromatic rings. The minimum atomic E-state index is -0.392. The summed E-state index contributed by atoms with van der Waals surface area (Å²) in [6.07, 6.45) is 10.0. The second-order valence-electron chi connectivity index (χ2n) is 4.27. The Morgan fingerprint density at radius 3 is 2.89 bits per heavy atom. The van der Waals surface area contributed by atoms with Crippen molar-refractivity contribution in [3.8, 4) is 0 Å². The van der Waals surface area contributed by atoms with E-state index in [-0.39, 0.29) is 17.4 Å². The number of halogens is 2. The number of nitrogens with zero attached hydrogens (tertiary/aromatic N) is 1. The summed E-state index contributed by atoms with van der Waals surface area (Å²) >= 11 is 0. The van der Waals surface area contributed by atoms with Crippen LogP contribution in [0.15, 0.2) is 54.0 Å². The van der Waals surface area contributed by atoms with E-state index in [4.69, 9.17) is 0 Å². The van der Waals surface area contributed by atoms with Crippen molar-refractivity contribution in [2.45, 2.75) is 25.7 Å². The molecule has 0 spiro atoms. The minimum absolute atomic E-state index is 0.289. The highest BCUT2D eigenvalue weighted by molar-refractivity contribution is 5.37. The first-order chi connectivity index (χ1) is 8.70. The molecule has 0 radical (unpaired) electrons. The van der Waals surface area contributed by atoms with Gasteiger partial charge in [0.05, 0.1) is 5.69 Å². The molecule has 0 aliphatic heterocycles. The summed E-state index contributed by atoms with van der Waals surface area (Å²) in [6.45, 7) is 1.77. The summed E-state index contributed by atoms with van der Waals surface area (Å²) < 4.78 is 27.6. The molecule has 1 heterocycles. The largest absolute Gasteiger partial charge is 0.258 e. The fraction of sp³-hybridized carbons (Fsp3) is 0.267. The molecule has 1 aliphatic carbocycles. The third kappa shape index (κ3) is 2.73. The maximum atomic E-state index is 13.9. The number of hydrogen-bond acceptors (Lipinski definition) is 1. The van der Waals surface area contributed by atoms with Gasteiger partial charge in [-0.05, 0) is 36.6 Å². The predicted molar refractivity (Wildman–Crippen MR) is 68.3 cm³/mol. The molecular formula is C15H15F2N. The zero-order valence-electron chi connectivity index (χ0n) is 10.2. The van der Waals surface area contributed by atoms with Gasteiger partial charge in [0, 0.05) is 12.1 Å². The van der Waals surface area contributed by atoms with E-state index in [1.54, 1.807) is 13.0 Å². The summed E-state index contributed by atoms with van der Waals surface area (Å²) in [5.41, 5.74) is 0.800. The van der Waals surface area contributed by atoms with Gasteiger partial charge in [-0.1, -0.05) is 25.2 Å². The molecule has 0 bridgehead atoms. The number of rotatable bonds is 2. The van der Waals surface area contributed by atoms with E-state index in [1.807, 2.05) is 12.2 Å². The Morgan fingerprint density at radius 2 is 2.11 bits per heavy atom. The van der Waals surface area contributed by atoms with Crippen LogP contribution >= 0.6 is 0 Å². The average Bonchev–Trinajstić information content (AvgIpc) is 2.34. The van der Waals surface area contributed by atoms with Crippen molar-refractivity contribution in [3.05, 3.63) is 65.5 Å². The summed E-state index contributed by atoms with van der Waals surface area (Å²) in [5, 5.41) is 0. The van der Waals surface area contributed by atoms with Gasteiger partial charge in [-0.15, -0.1) is 0 Å². The third-order valence-corrected chi connectivity index (χ3v) is 3.02. The van der Waals surface area contributed by atoms with Gasteiger partial charge >= 0.3 is 0 Å². The average molecular weight is 247 g/mol. The molecule has 0 fully saturated rings. The first-order valence-electron chi connectivity index (χ1n) is 6.03. The zero-order chi connectivity index (χ0) is 13.0. The van der Waals surface area contributed by atoms with Crippen molar-refractivity contribution in [2.24, 2.45) is 0 Å². The summed E-state index contributed by atoms with van der Waals surface area (Å²) in [7, 11) is 0. The van der Waals surface area contributed by atoms with Crippen molar-refractivity contribution in [2.75, 3.05) is 0 Å². The second-order valence-corrected chi connectivity index (χ2v) is 4.27. The Kier molecular flexibility index (Phi) is 4.03. The van der Waals surface area contributed by atoms with E-state index >= 15 is 0 Å². The van der Waals surface area contributed by atoms with Crippen LogP contribution in [0.3, 0.4) is 0 Å². The predicted octanol–water partition coefficient (Wildman–Crippen LogP) is 4.45. The Morgan fingerprint density at radius 1 is 1.28 bits per heavy atom. The summed E-state index contributed by atoms with van der Waals surface area (Å²) in [5.74, 6) is -1.09. The van der Waals surface area contributed by atoms with Crippen LogP contribution in [0.1, 0.15) is 31.4 Å². The Balaban J connectivity index is 2.36. The molecule has 0 N–H and O–H groups in total. The van der Waals surface area contributed by atoms with Gasteiger partial charge in [-0.25, -0.2) is 8.78 Å². The summed E-state index contributed by atoms with van der Waals surface area (Å²) in [4.78, 5) is 4.01. The lowest BCUT2D eigenvalue weighted by molar-refractivity contribution is 0.575. The van der Waals surface area contributed by atoms with Crippen LogP contribution in [0.4, 0.5) is 8.78 Å². The van der Waals surface area contributed by atoms with Gasteiger partial charge in [0.2, 0.25) is 0 Å². The second kappa shape index (κ2) is 5.71. The minimum Gasteiger partial charge on any atom is -0.258 e. The van der Waals surface area contributed by atoms with Crippen LogP contribution in [0, 0.1) is 5.82 Å². The zero-order valence-corrected chi connectivity index (χ0v) is 10.2. The Bertz CT molecular complexity index is 515. The molecule has 0 saturated heterocycles. The van der Waals surface area contributed by atoms with Crippen molar-refractivity contribution >= 4 is 0 Å². The van der Waals surface area contributed by atoms with E-state index in [0.29, 0.717) is 5.57 Å². The molecule has 1 atom stereocenters. The van der Waals surface area contributed by atoms with Crippen LogP contribution in [0.5, 0.6) is 0 Å². The molecule has 1 unspecified atom stereocenters. The van der Waals surface area contributed by atoms with Crippen LogP contribution in [0.2, 0.25) is 0 Å². The lowest BCUT2D eigenvalue weighted by atomic mass is 9.93. The van der Waals surface area contributed by atoms with Gasteiger partial charge in [0.15, 0.2) is 0 Å². The van der Waals surface area contributed by atoms with Crippen molar-refractivity contribution in [1.82, 2.24) is 4.98 Å². The molecule has 2 rings (SSSR count). The van der Waals surface area contributed by atoms with E-state index in [2.05, 4.69) is 4.98 Å². The molecule has 1 nitrogen and oxygen atoms in total. The van der Waals surface area contributed by atoms with Gasteiger partial charge in [0.25, 0.3) is 0 Å².